The molecule has 0 unspecified atom stereocenters. The summed E-state index contributed by atoms with van der Waals surface area (Å²) in [7, 11) is 2.28. The van der Waals surface area contributed by atoms with Crippen molar-refractivity contribution in [2.24, 2.45) is 5.41 Å². The van der Waals surface area contributed by atoms with Crippen molar-refractivity contribution in [3.63, 3.8) is 0 Å². The number of aliphatic hydroxyl groups excluding tert-OH is 1. The topological polar surface area (TPSA) is 23.5 Å². The highest BCUT2D eigenvalue weighted by Gasteiger charge is 2.35. The van der Waals surface area contributed by atoms with E-state index in [1.807, 2.05) is 0 Å². The molecule has 0 aromatic heterocycles. The first-order valence-electron chi connectivity index (χ1n) is 7.57. The molecule has 2 fully saturated rings. The highest BCUT2D eigenvalue weighted by Crippen LogP contribution is 2.39. The Morgan fingerprint density at radius 1 is 1.00 bits per heavy atom. The molecule has 0 aromatic rings. The second-order valence-electron chi connectivity index (χ2n) is 6.43. The fourth-order valence-corrected chi connectivity index (χ4v) is 3.85. The van der Waals surface area contributed by atoms with Crippen LogP contribution in [0.5, 0.6) is 0 Å². The molecule has 0 spiro atoms. The maximum absolute atomic E-state index is 9.69. The Morgan fingerprint density at radius 3 is 2.12 bits per heavy atom. The molecule has 2 saturated carbocycles. The van der Waals surface area contributed by atoms with Crippen molar-refractivity contribution < 1.29 is 5.11 Å². The molecule has 2 aliphatic carbocycles. The number of aliphatic hydroxyl groups is 1. The van der Waals surface area contributed by atoms with Crippen LogP contribution in [0, 0.1) is 5.41 Å². The average molecular weight is 239 g/mol. The molecule has 0 saturated heterocycles. The van der Waals surface area contributed by atoms with E-state index in [1.54, 1.807) is 0 Å². The average Bonchev–Trinajstić information content (AvgIpc) is 2.64. The van der Waals surface area contributed by atoms with E-state index in [0.717, 1.165) is 12.6 Å². The lowest BCUT2D eigenvalue weighted by Crippen LogP contribution is -2.41. The van der Waals surface area contributed by atoms with Gasteiger partial charge in [0.15, 0.2) is 0 Å². The third-order valence-corrected chi connectivity index (χ3v) is 5.03. The van der Waals surface area contributed by atoms with Gasteiger partial charge in [-0.15, -0.1) is 0 Å². The van der Waals surface area contributed by atoms with Crippen molar-refractivity contribution in [2.75, 3.05) is 20.2 Å². The van der Waals surface area contributed by atoms with Crippen molar-refractivity contribution in [3.8, 4) is 0 Å². The van der Waals surface area contributed by atoms with Crippen LogP contribution in [0.25, 0.3) is 0 Å². The van der Waals surface area contributed by atoms with Crippen LogP contribution in [0.2, 0.25) is 0 Å². The first-order valence-corrected chi connectivity index (χ1v) is 7.57. The zero-order valence-corrected chi connectivity index (χ0v) is 11.5. The van der Waals surface area contributed by atoms with Crippen molar-refractivity contribution in [3.05, 3.63) is 0 Å². The molecule has 100 valence electrons. The Bertz CT molecular complexity index is 215. The summed E-state index contributed by atoms with van der Waals surface area (Å²) in [4.78, 5) is 2.56. The third-order valence-electron chi connectivity index (χ3n) is 5.03. The van der Waals surface area contributed by atoms with E-state index in [1.165, 1.54) is 64.2 Å². The lowest BCUT2D eigenvalue weighted by molar-refractivity contribution is 0.0679. The summed E-state index contributed by atoms with van der Waals surface area (Å²) in [5.74, 6) is 0. The molecule has 0 bridgehead atoms. The van der Waals surface area contributed by atoms with Gasteiger partial charge in [-0.25, -0.2) is 0 Å². The van der Waals surface area contributed by atoms with Crippen LogP contribution in [0.3, 0.4) is 0 Å². The Hall–Kier alpha value is -0.0800. The third kappa shape index (κ3) is 3.45. The molecule has 0 atom stereocenters. The van der Waals surface area contributed by atoms with E-state index in [9.17, 15) is 5.11 Å². The molecular formula is C15H29NO. The number of hydrogen-bond acceptors (Lipinski definition) is 2. The molecule has 1 N–H and O–H groups in total. The lowest BCUT2D eigenvalue weighted by atomic mass is 9.86. The largest absolute Gasteiger partial charge is 0.396 e. The monoisotopic (exact) mass is 239 g/mol. The molecule has 2 aliphatic rings. The van der Waals surface area contributed by atoms with E-state index < -0.39 is 0 Å². The second-order valence-corrected chi connectivity index (χ2v) is 6.43. The maximum atomic E-state index is 9.69. The van der Waals surface area contributed by atoms with Gasteiger partial charge in [0.25, 0.3) is 0 Å². The van der Waals surface area contributed by atoms with E-state index in [4.69, 9.17) is 0 Å². The standard InChI is InChI=1S/C15H29NO/c1-16(14-8-4-2-3-5-9-14)12-15(13-17)10-6-7-11-15/h14,17H,2-13H2,1H3. The van der Waals surface area contributed by atoms with E-state index in [0.29, 0.717) is 6.61 Å². The quantitative estimate of drug-likeness (QED) is 0.762. The minimum atomic E-state index is 0.237. The van der Waals surface area contributed by atoms with Crippen LogP contribution in [0.4, 0.5) is 0 Å². The van der Waals surface area contributed by atoms with Gasteiger partial charge < -0.3 is 10.0 Å². The van der Waals surface area contributed by atoms with E-state index in [-0.39, 0.29) is 5.41 Å². The Kier molecular flexibility index (Phi) is 4.87. The van der Waals surface area contributed by atoms with Gasteiger partial charge in [0.05, 0.1) is 0 Å². The van der Waals surface area contributed by atoms with E-state index >= 15 is 0 Å². The van der Waals surface area contributed by atoms with Crippen LogP contribution >= 0.6 is 0 Å². The van der Waals surface area contributed by atoms with E-state index in [2.05, 4.69) is 11.9 Å². The Balaban J connectivity index is 1.87. The predicted molar refractivity (Wildman–Crippen MR) is 72.1 cm³/mol. The Morgan fingerprint density at radius 2 is 1.59 bits per heavy atom. The summed E-state index contributed by atoms with van der Waals surface area (Å²) >= 11 is 0. The number of nitrogens with zero attached hydrogens (tertiary/aromatic N) is 1. The summed E-state index contributed by atoms with van der Waals surface area (Å²) in [6.07, 6.45) is 13.5. The minimum absolute atomic E-state index is 0.237. The minimum Gasteiger partial charge on any atom is -0.396 e. The number of rotatable bonds is 4. The molecule has 0 aliphatic heterocycles. The molecule has 2 heteroatoms. The highest BCUT2D eigenvalue weighted by molar-refractivity contribution is 4.88. The van der Waals surface area contributed by atoms with Crippen LogP contribution in [0.1, 0.15) is 64.2 Å². The van der Waals surface area contributed by atoms with Crippen LogP contribution in [0.15, 0.2) is 0 Å². The second kappa shape index (κ2) is 6.19. The maximum Gasteiger partial charge on any atom is 0.0499 e. The molecule has 0 amide bonds. The van der Waals surface area contributed by atoms with Crippen molar-refractivity contribution in [2.45, 2.75) is 70.3 Å². The molecule has 0 radical (unpaired) electrons. The smallest absolute Gasteiger partial charge is 0.0499 e. The molecule has 0 heterocycles. The summed E-state index contributed by atoms with van der Waals surface area (Å²) < 4.78 is 0. The normalized spacial score (nSPS) is 26.3. The zero-order valence-electron chi connectivity index (χ0n) is 11.5. The van der Waals surface area contributed by atoms with Crippen LogP contribution in [-0.4, -0.2) is 36.2 Å². The summed E-state index contributed by atoms with van der Waals surface area (Å²) in [6, 6.07) is 0.779. The zero-order chi connectivity index (χ0) is 12.1. The first-order chi connectivity index (χ1) is 8.26. The summed E-state index contributed by atoms with van der Waals surface area (Å²) in [5, 5.41) is 9.69. The van der Waals surface area contributed by atoms with Gasteiger partial charge in [0, 0.05) is 24.6 Å². The number of hydrogen-bond donors (Lipinski definition) is 1. The van der Waals surface area contributed by atoms with Crippen LogP contribution < -0.4 is 0 Å². The lowest BCUT2D eigenvalue weighted by Gasteiger charge is -2.36. The van der Waals surface area contributed by atoms with Gasteiger partial charge in [-0.1, -0.05) is 38.5 Å². The van der Waals surface area contributed by atoms with Crippen molar-refractivity contribution >= 4 is 0 Å². The van der Waals surface area contributed by atoms with Gasteiger partial charge in [0.2, 0.25) is 0 Å². The fourth-order valence-electron chi connectivity index (χ4n) is 3.85. The van der Waals surface area contributed by atoms with Gasteiger partial charge >= 0.3 is 0 Å². The van der Waals surface area contributed by atoms with Gasteiger partial charge in [-0.2, -0.15) is 0 Å². The summed E-state index contributed by atoms with van der Waals surface area (Å²) in [6.45, 7) is 1.51. The molecule has 17 heavy (non-hydrogen) atoms. The first kappa shape index (κ1) is 13.4. The van der Waals surface area contributed by atoms with Gasteiger partial charge in [-0.3, -0.25) is 0 Å². The van der Waals surface area contributed by atoms with Gasteiger partial charge in [-0.05, 0) is 32.7 Å². The predicted octanol–water partition coefficient (Wildman–Crippen LogP) is 3.19. The highest BCUT2D eigenvalue weighted by atomic mass is 16.3. The van der Waals surface area contributed by atoms with Crippen molar-refractivity contribution in [1.29, 1.82) is 0 Å². The van der Waals surface area contributed by atoms with Crippen molar-refractivity contribution in [1.82, 2.24) is 4.90 Å². The SMILES string of the molecule is CN(CC1(CO)CCCC1)C1CCCCCC1. The fraction of sp³-hybridized carbons (Fsp3) is 1.00. The molecule has 0 aromatic carbocycles. The van der Waals surface area contributed by atoms with Gasteiger partial charge in [0.1, 0.15) is 0 Å². The molecule has 2 rings (SSSR count). The molecule has 2 nitrogen and oxygen atoms in total. The Labute approximate surface area is 106 Å². The van der Waals surface area contributed by atoms with Crippen LogP contribution in [-0.2, 0) is 0 Å². The summed E-state index contributed by atoms with van der Waals surface area (Å²) in [5.41, 5.74) is 0.237. The molecular weight excluding hydrogens is 210 g/mol.